The van der Waals surface area contributed by atoms with E-state index >= 15 is 0 Å². The lowest BCUT2D eigenvalue weighted by molar-refractivity contribution is -0.146. The van der Waals surface area contributed by atoms with Gasteiger partial charge < -0.3 is 5.32 Å². The van der Waals surface area contributed by atoms with Gasteiger partial charge in [0, 0.05) is 11.8 Å². The normalized spacial score (nSPS) is 20.1. The summed E-state index contributed by atoms with van der Waals surface area (Å²) in [5.74, 6) is 1.30. The van der Waals surface area contributed by atoms with E-state index in [9.17, 15) is 13.2 Å². The van der Waals surface area contributed by atoms with Gasteiger partial charge in [-0.05, 0) is 24.3 Å². The number of thioether (sulfide) groups is 1. The smallest absolute Gasteiger partial charge is 0.365 e. The summed E-state index contributed by atoms with van der Waals surface area (Å²) in [4.78, 5) is 0. The van der Waals surface area contributed by atoms with Crippen LogP contribution in [0.1, 0.15) is 12.2 Å². The first-order valence-corrected chi connectivity index (χ1v) is 6.83. The van der Waals surface area contributed by atoms with E-state index in [0.717, 1.165) is 22.4 Å². The van der Waals surface area contributed by atoms with Crippen molar-refractivity contribution in [1.29, 1.82) is 0 Å². The first-order chi connectivity index (χ1) is 9.04. The molecule has 0 aliphatic carbocycles. The number of nitrogens with zero attached hydrogens (tertiary/aromatic N) is 4. The predicted molar refractivity (Wildman–Crippen MR) is 65.1 cm³/mol. The number of rotatable bonds is 2. The van der Waals surface area contributed by atoms with Crippen molar-refractivity contribution in [1.82, 2.24) is 19.8 Å². The summed E-state index contributed by atoms with van der Waals surface area (Å²) in [5, 5.41) is 13.6. The SMILES string of the molecule is FC(F)(F)c1nnc2ccc(NC3CCSC3)nn12. The van der Waals surface area contributed by atoms with Gasteiger partial charge in [0.15, 0.2) is 5.65 Å². The molecule has 2 aromatic rings. The molecule has 5 nitrogen and oxygen atoms in total. The van der Waals surface area contributed by atoms with Crippen LogP contribution >= 0.6 is 11.8 Å². The van der Waals surface area contributed by atoms with Crippen molar-refractivity contribution in [2.24, 2.45) is 0 Å². The lowest BCUT2D eigenvalue weighted by Crippen LogP contribution is -2.20. The summed E-state index contributed by atoms with van der Waals surface area (Å²) >= 11 is 1.81. The fourth-order valence-corrected chi connectivity index (χ4v) is 3.05. The van der Waals surface area contributed by atoms with Gasteiger partial charge in [-0.3, -0.25) is 0 Å². The number of nitrogens with one attached hydrogen (secondary N) is 1. The van der Waals surface area contributed by atoms with Crippen LogP contribution in [0.3, 0.4) is 0 Å². The molecule has 19 heavy (non-hydrogen) atoms. The fraction of sp³-hybridized carbons (Fsp3) is 0.500. The van der Waals surface area contributed by atoms with Crippen molar-refractivity contribution >= 4 is 23.2 Å². The minimum atomic E-state index is -4.56. The Bertz CT molecular complexity index is 590. The van der Waals surface area contributed by atoms with Gasteiger partial charge in [-0.1, -0.05) is 0 Å². The molecule has 1 aliphatic rings. The van der Waals surface area contributed by atoms with Crippen LogP contribution in [0.25, 0.3) is 5.65 Å². The molecule has 1 aliphatic heterocycles. The highest BCUT2D eigenvalue weighted by Crippen LogP contribution is 2.28. The van der Waals surface area contributed by atoms with Crippen molar-refractivity contribution in [3.63, 3.8) is 0 Å². The van der Waals surface area contributed by atoms with Crippen LogP contribution in [-0.4, -0.2) is 37.4 Å². The summed E-state index contributed by atoms with van der Waals surface area (Å²) in [6.07, 6.45) is -3.58. The van der Waals surface area contributed by atoms with Crippen molar-refractivity contribution in [3.8, 4) is 0 Å². The van der Waals surface area contributed by atoms with Gasteiger partial charge in [-0.2, -0.15) is 29.4 Å². The van der Waals surface area contributed by atoms with Crippen molar-refractivity contribution in [2.75, 3.05) is 16.8 Å². The van der Waals surface area contributed by atoms with Crippen LogP contribution in [0.5, 0.6) is 0 Å². The minimum Gasteiger partial charge on any atom is -0.365 e. The number of fused-ring (bicyclic) bond motifs is 1. The third-order valence-corrected chi connectivity index (χ3v) is 3.96. The molecule has 2 aromatic heterocycles. The minimum absolute atomic E-state index is 0.0821. The highest BCUT2D eigenvalue weighted by Gasteiger charge is 2.37. The first-order valence-electron chi connectivity index (χ1n) is 5.68. The third kappa shape index (κ3) is 2.46. The molecule has 3 rings (SSSR count). The average molecular weight is 289 g/mol. The average Bonchev–Trinajstić information content (AvgIpc) is 2.95. The molecule has 0 aromatic carbocycles. The summed E-state index contributed by atoms with van der Waals surface area (Å²) in [7, 11) is 0. The molecular weight excluding hydrogens is 279 g/mol. The number of halogens is 3. The van der Waals surface area contributed by atoms with Crippen LogP contribution in [-0.2, 0) is 6.18 Å². The molecule has 1 saturated heterocycles. The van der Waals surface area contributed by atoms with Gasteiger partial charge in [-0.15, -0.1) is 15.3 Å². The Hall–Kier alpha value is -1.51. The Morgan fingerprint density at radius 1 is 1.32 bits per heavy atom. The molecule has 0 saturated carbocycles. The number of alkyl halides is 3. The van der Waals surface area contributed by atoms with Gasteiger partial charge in [0.25, 0.3) is 5.82 Å². The zero-order chi connectivity index (χ0) is 13.5. The van der Waals surface area contributed by atoms with Crippen LogP contribution in [0.4, 0.5) is 19.0 Å². The zero-order valence-electron chi connectivity index (χ0n) is 9.68. The molecule has 0 spiro atoms. The Kier molecular flexibility index (Phi) is 3.00. The molecule has 9 heteroatoms. The van der Waals surface area contributed by atoms with Gasteiger partial charge in [0.1, 0.15) is 5.82 Å². The van der Waals surface area contributed by atoms with E-state index in [2.05, 4.69) is 20.6 Å². The molecule has 1 N–H and O–H groups in total. The van der Waals surface area contributed by atoms with Crippen molar-refractivity contribution in [3.05, 3.63) is 18.0 Å². The van der Waals surface area contributed by atoms with E-state index in [4.69, 9.17) is 0 Å². The molecule has 1 atom stereocenters. The summed E-state index contributed by atoms with van der Waals surface area (Å²) in [5.41, 5.74) is 0.0821. The fourth-order valence-electron chi connectivity index (χ4n) is 1.90. The monoisotopic (exact) mass is 289 g/mol. The van der Waals surface area contributed by atoms with Crippen molar-refractivity contribution in [2.45, 2.75) is 18.6 Å². The second-order valence-electron chi connectivity index (χ2n) is 4.21. The maximum absolute atomic E-state index is 12.7. The van der Waals surface area contributed by atoms with Gasteiger partial charge >= 0.3 is 6.18 Å². The summed E-state index contributed by atoms with van der Waals surface area (Å²) < 4.78 is 38.8. The third-order valence-electron chi connectivity index (χ3n) is 2.80. The number of aromatic nitrogens is 4. The maximum Gasteiger partial charge on any atom is 0.453 e. The van der Waals surface area contributed by atoms with Crippen LogP contribution in [0.2, 0.25) is 0 Å². The highest BCUT2D eigenvalue weighted by molar-refractivity contribution is 7.99. The Morgan fingerprint density at radius 3 is 2.84 bits per heavy atom. The molecule has 102 valence electrons. The standard InChI is InChI=1S/C10H10F3N5S/c11-10(12,13)9-16-15-8-2-1-7(17-18(8)9)14-6-3-4-19-5-6/h1-2,6H,3-5H2,(H,14,17). The van der Waals surface area contributed by atoms with Gasteiger partial charge in [-0.25, -0.2) is 0 Å². The molecule has 3 heterocycles. The van der Waals surface area contributed by atoms with E-state index in [0.29, 0.717) is 5.82 Å². The number of anilines is 1. The second kappa shape index (κ2) is 4.55. The van der Waals surface area contributed by atoms with Gasteiger partial charge in [0.05, 0.1) is 0 Å². The summed E-state index contributed by atoms with van der Waals surface area (Å²) in [6, 6.07) is 3.34. The largest absolute Gasteiger partial charge is 0.453 e. The lowest BCUT2D eigenvalue weighted by Gasteiger charge is -2.12. The molecule has 1 fully saturated rings. The molecule has 0 amide bonds. The lowest BCUT2D eigenvalue weighted by atomic mass is 10.2. The van der Waals surface area contributed by atoms with E-state index in [-0.39, 0.29) is 11.7 Å². The van der Waals surface area contributed by atoms with Crippen molar-refractivity contribution < 1.29 is 13.2 Å². The zero-order valence-corrected chi connectivity index (χ0v) is 10.5. The molecule has 1 unspecified atom stereocenters. The Morgan fingerprint density at radius 2 is 2.16 bits per heavy atom. The van der Waals surface area contributed by atoms with E-state index in [1.54, 1.807) is 6.07 Å². The molecule has 0 radical (unpaired) electrons. The summed E-state index contributed by atoms with van der Waals surface area (Å²) in [6.45, 7) is 0. The maximum atomic E-state index is 12.7. The molecule has 0 bridgehead atoms. The number of hydrogen-bond donors (Lipinski definition) is 1. The number of hydrogen-bond acceptors (Lipinski definition) is 5. The quantitative estimate of drug-likeness (QED) is 0.917. The van der Waals surface area contributed by atoms with E-state index in [1.165, 1.54) is 6.07 Å². The second-order valence-corrected chi connectivity index (χ2v) is 5.36. The Balaban J connectivity index is 1.94. The molecular formula is C10H10F3N5S. The van der Waals surface area contributed by atoms with Crippen LogP contribution in [0.15, 0.2) is 12.1 Å². The van der Waals surface area contributed by atoms with Crippen LogP contribution in [0, 0.1) is 0 Å². The Labute approximate surface area is 110 Å². The predicted octanol–water partition coefficient (Wildman–Crippen LogP) is 2.06. The van der Waals surface area contributed by atoms with Gasteiger partial charge in [0.2, 0.25) is 0 Å². The topological polar surface area (TPSA) is 55.1 Å². The van der Waals surface area contributed by atoms with E-state index < -0.39 is 12.0 Å². The van der Waals surface area contributed by atoms with E-state index in [1.807, 2.05) is 11.8 Å². The first kappa shape index (κ1) is 12.5. The van der Waals surface area contributed by atoms with Crippen LogP contribution < -0.4 is 5.32 Å². The highest BCUT2D eigenvalue weighted by atomic mass is 32.2.